The molecule has 0 aromatic heterocycles. The number of Topliss-reactive ketones (excluding diaryl/α,β-unsaturated/α-hetero) is 3. The van der Waals surface area contributed by atoms with Crippen molar-refractivity contribution in [2.45, 2.75) is 26.9 Å². The highest BCUT2D eigenvalue weighted by atomic mass is 16.5. The molecule has 0 amide bonds. The minimum atomic E-state index is -1.43. The van der Waals surface area contributed by atoms with E-state index in [1.165, 1.54) is 6.26 Å². The number of hydrogen-bond donors (Lipinski definition) is 2. The normalized spacial score (nSPS) is 18.7. The smallest absolute Gasteiger partial charge is 0.343 e. The first-order valence-corrected chi connectivity index (χ1v) is 11.7. The molecule has 0 radical (unpaired) electrons. The number of aliphatic carboxylic acids is 1. The molecular weight excluding hydrogens is 476 g/mol. The van der Waals surface area contributed by atoms with Crippen LogP contribution in [0.1, 0.15) is 41.5 Å². The van der Waals surface area contributed by atoms with Gasteiger partial charge in [-0.05, 0) is 25.0 Å². The van der Waals surface area contributed by atoms with Crippen molar-refractivity contribution < 1.29 is 38.9 Å². The SMILES string of the molecule is CC1=C2C(=CO[C@H](C)[C@H]2C)C(=O)C(C(=O)O)=C1O.O=C(COCC(=O)c1ccccc1)c1ccccc1. The molecule has 0 spiro atoms. The van der Waals surface area contributed by atoms with E-state index in [0.717, 1.165) is 0 Å². The van der Waals surface area contributed by atoms with Gasteiger partial charge in [0.1, 0.15) is 30.6 Å². The molecule has 0 bridgehead atoms. The molecule has 1 aliphatic carbocycles. The van der Waals surface area contributed by atoms with Gasteiger partial charge in [0.15, 0.2) is 11.6 Å². The van der Waals surface area contributed by atoms with E-state index in [4.69, 9.17) is 14.6 Å². The van der Waals surface area contributed by atoms with Crippen LogP contribution in [0, 0.1) is 5.92 Å². The van der Waals surface area contributed by atoms with Gasteiger partial charge in [-0.1, -0.05) is 67.6 Å². The molecule has 2 aromatic rings. The number of aliphatic hydroxyl groups excluding tert-OH is 1. The highest BCUT2D eigenvalue weighted by Crippen LogP contribution is 2.39. The van der Waals surface area contributed by atoms with Crippen molar-refractivity contribution in [2.75, 3.05) is 13.2 Å². The zero-order valence-corrected chi connectivity index (χ0v) is 20.8. The number of aliphatic hydroxyl groups is 1. The molecule has 0 unspecified atom stereocenters. The minimum Gasteiger partial charge on any atom is -0.507 e. The molecule has 0 saturated heterocycles. The number of allylic oxidation sites excluding steroid dienone is 2. The van der Waals surface area contributed by atoms with E-state index in [9.17, 15) is 24.3 Å². The monoisotopic (exact) mass is 504 g/mol. The highest BCUT2D eigenvalue weighted by molar-refractivity contribution is 6.26. The van der Waals surface area contributed by atoms with Gasteiger partial charge in [0, 0.05) is 17.0 Å². The zero-order valence-electron chi connectivity index (χ0n) is 20.8. The van der Waals surface area contributed by atoms with Crippen LogP contribution in [0.5, 0.6) is 0 Å². The summed E-state index contributed by atoms with van der Waals surface area (Å²) < 4.78 is 10.5. The Morgan fingerprint density at radius 3 is 1.84 bits per heavy atom. The predicted molar refractivity (Wildman–Crippen MR) is 135 cm³/mol. The van der Waals surface area contributed by atoms with Gasteiger partial charge in [-0.25, -0.2) is 4.79 Å². The number of hydrogen-bond acceptors (Lipinski definition) is 7. The number of carbonyl (C=O) groups is 4. The summed E-state index contributed by atoms with van der Waals surface area (Å²) in [5, 5.41) is 18.8. The van der Waals surface area contributed by atoms with Gasteiger partial charge in [0.05, 0.1) is 11.8 Å². The Bertz CT molecular complexity index is 1230. The fourth-order valence-corrected chi connectivity index (χ4v) is 3.96. The first-order valence-electron chi connectivity index (χ1n) is 11.7. The van der Waals surface area contributed by atoms with Crippen molar-refractivity contribution in [1.29, 1.82) is 0 Å². The van der Waals surface area contributed by atoms with Crippen molar-refractivity contribution in [3.8, 4) is 0 Å². The maximum atomic E-state index is 12.0. The van der Waals surface area contributed by atoms with Gasteiger partial charge in [0.25, 0.3) is 0 Å². The van der Waals surface area contributed by atoms with Gasteiger partial charge in [-0.15, -0.1) is 0 Å². The van der Waals surface area contributed by atoms with E-state index in [2.05, 4.69) is 0 Å². The topological polar surface area (TPSA) is 127 Å². The van der Waals surface area contributed by atoms with Crippen molar-refractivity contribution in [2.24, 2.45) is 5.92 Å². The average molecular weight is 505 g/mol. The number of carboxylic acid groups (broad SMARTS) is 1. The summed E-state index contributed by atoms with van der Waals surface area (Å²) in [7, 11) is 0. The van der Waals surface area contributed by atoms with Gasteiger partial charge in [-0.2, -0.15) is 0 Å². The highest BCUT2D eigenvalue weighted by Gasteiger charge is 2.39. The van der Waals surface area contributed by atoms with E-state index < -0.39 is 23.1 Å². The van der Waals surface area contributed by atoms with Crippen molar-refractivity contribution in [1.82, 2.24) is 0 Å². The Labute approximate surface area is 214 Å². The molecule has 4 rings (SSSR count). The lowest BCUT2D eigenvalue weighted by Gasteiger charge is -2.32. The van der Waals surface area contributed by atoms with E-state index in [-0.39, 0.29) is 42.4 Å². The van der Waals surface area contributed by atoms with Crippen molar-refractivity contribution in [3.63, 3.8) is 0 Å². The van der Waals surface area contributed by atoms with Crippen LogP contribution < -0.4 is 0 Å². The number of ketones is 3. The molecule has 1 aliphatic heterocycles. The molecule has 0 fully saturated rings. The third-order valence-corrected chi connectivity index (χ3v) is 6.19. The third-order valence-electron chi connectivity index (χ3n) is 6.19. The molecule has 0 saturated carbocycles. The van der Waals surface area contributed by atoms with Crippen LogP contribution in [0.3, 0.4) is 0 Å². The lowest BCUT2D eigenvalue weighted by atomic mass is 9.78. The van der Waals surface area contributed by atoms with Crippen LogP contribution >= 0.6 is 0 Å². The van der Waals surface area contributed by atoms with Crippen LogP contribution in [-0.4, -0.2) is 52.8 Å². The Balaban J connectivity index is 0.000000206. The number of fused-ring (bicyclic) bond motifs is 1. The second-order valence-electron chi connectivity index (χ2n) is 8.63. The summed E-state index contributed by atoms with van der Waals surface area (Å²) in [6, 6.07) is 17.8. The summed E-state index contributed by atoms with van der Waals surface area (Å²) in [5.74, 6) is -2.89. The minimum absolute atomic E-state index is 0.0774. The maximum absolute atomic E-state index is 12.0. The van der Waals surface area contributed by atoms with E-state index in [0.29, 0.717) is 22.3 Å². The maximum Gasteiger partial charge on any atom is 0.343 e. The Kier molecular flexibility index (Phi) is 8.92. The van der Waals surface area contributed by atoms with Crippen LogP contribution in [0.15, 0.2) is 95.0 Å². The fraction of sp³-hybridized carbons (Fsp3) is 0.241. The molecule has 8 heteroatoms. The van der Waals surface area contributed by atoms with Gasteiger partial charge < -0.3 is 19.7 Å². The number of carbonyl (C=O) groups excluding carboxylic acids is 3. The largest absolute Gasteiger partial charge is 0.507 e. The predicted octanol–water partition coefficient (Wildman–Crippen LogP) is 4.49. The van der Waals surface area contributed by atoms with Gasteiger partial charge in [0.2, 0.25) is 5.78 Å². The molecular formula is C29H28O8. The Hall–Kier alpha value is -4.30. The quantitative estimate of drug-likeness (QED) is 0.417. The molecule has 37 heavy (non-hydrogen) atoms. The van der Waals surface area contributed by atoms with Crippen LogP contribution in [0.25, 0.3) is 0 Å². The first kappa shape index (κ1) is 27.3. The molecule has 2 N–H and O–H groups in total. The summed E-state index contributed by atoms with van der Waals surface area (Å²) in [6.07, 6.45) is 1.17. The molecule has 2 aromatic carbocycles. The van der Waals surface area contributed by atoms with Crippen molar-refractivity contribution >= 4 is 23.3 Å². The number of carboxylic acids is 1. The van der Waals surface area contributed by atoms with Crippen LogP contribution in [0.4, 0.5) is 0 Å². The molecule has 1 heterocycles. The lowest BCUT2D eigenvalue weighted by molar-refractivity contribution is -0.134. The third kappa shape index (κ3) is 6.29. The first-order chi connectivity index (χ1) is 17.6. The van der Waals surface area contributed by atoms with Gasteiger partial charge in [-0.3, -0.25) is 14.4 Å². The second-order valence-corrected chi connectivity index (χ2v) is 8.63. The molecule has 2 atom stereocenters. The molecule has 192 valence electrons. The van der Waals surface area contributed by atoms with Crippen LogP contribution in [0.2, 0.25) is 0 Å². The van der Waals surface area contributed by atoms with E-state index >= 15 is 0 Å². The summed E-state index contributed by atoms with van der Waals surface area (Å²) in [5.41, 5.74) is 1.92. The summed E-state index contributed by atoms with van der Waals surface area (Å²) >= 11 is 0. The second kappa shape index (κ2) is 12.1. The Morgan fingerprint density at radius 1 is 0.892 bits per heavy atom. The standard InChI is InChI=1S/C16H14O3.C13H14O5/c17-15(13-7-3-1-4-8-13)11-19-12-16(18)14-9-5-2-6-10-14;1-5-7(3)18-4-8-9(5)6(2)11(14)10(12(8)15)13(16)17/h1-10H,11-12H2;4-5,7,14H,1-3H3,(H,16,17)/t;5-,7-/m.1/s1. The van der Waals surface area contributed by atoms with Crippen LogP contribution in [-0.2, 0) is 19.1 Å². The number of rotatable bonds is 7. The number of ether oxygens (including phenoxy) is 2. The van der Waals surface area contributed by atoms with E-state index in [1.54, 1.807) is 55.5 Å². The summed E-state index contributed by atoms with van der Waals surface area (Å²) in [4.78, 5) is 46.5. The summed E-state index contributed by atoms with van der Waals surface area (Å²) in [6.45, 7) is 5.19. The Morgan fingerprint density at radius 2 is 1.38 bits per heavy atom. The van der Waals surface area contributed by atoms with E-state index in [1.807, 2.05) is 26.0 Å². The van der Waals surface area contributed by atoms with Gasteiger partial charge >= 0.3 is 5.97 Å². The average Bonchev–Trinajstić information content (AvgIpc) is 2.90. The molecule has 2 aliphatic rings. The fourth-order valence-electron chi connectivity index (χ4n) is 3.96. The lowest BCUT2D eigenvalue weighted by Crippen LogP contribution is -2.32. The molecule has 8 nitrogen and oxygen atoms in total. The van der Waals surface area contributed by atoms with Crippen molar-refractivity contribution in [3.05, 3.63) is 106 Å². The zero-order chi connectivity index (χ0) is 27.1. The number of benzene rings is 2.